The van der Waals surface area contributed by atoms with Crippen LogP contribution in [-0.4, -0.2) is 0 Å². The first-order chi connectivity index (χ1) is 8.90. The van der Waals surface area contributed by atoms with Crippen LogP contribution in [0.5, 0.6) is 0 Å². The molecule has 3 rings (SSSR count). The fourth-order valence-electron chi connectivity index (χ4n) is 3.46. The largest absolute Gasteiger partial charge is 0.0648 e. The van der Waals surface area contributed by atoms with Crippen LogP contribution in [0.1, 0.15) is 48.3 Å². The molecular formula is C18H20. The molecule has 0 saturated carbocycles. The molecule has 0 amide bonds. The number of fused-ring (bicyclic) bond motifs is 1. The van der Waals surface area contributed by atoms with Gasteiger partial charge in [-0.05, 0) is 47.8 Å². The molecule has 18 heavy (non-hydrogen) atoms. The number of hydrogen-bond acceptors (Lipinski definition) is 0. The Morgan fingerprint density at radius 2 is 1.67 bits per heavy atom. The molecule has 2 aromatic rings. The van der Waals surface area contributed by atoms with E-state index >= 15 is 0 Å². The maximum absolute atomic E-state index is 2.33. The normalized spacial score (nSPS) is 22.5. The van der Waals surface area contributed by atoms with E-state index in [1.165, 1.54) is 24.8 Å². The van der Waals surface area contributed by atoms with E-state index in [-0.39, 0.29) is 0 Å². The predicted octanol–water partition coefficient (Wildman–Crippen LogP) is 4.91. The molecule has 0 radical (unpaired) electrons. The Balaban J connectivity index is 2.00. The van der Waals surface area contributed by atoms with Crippen molar-refractivity contribution in [2.24, 2.45) is 0 Å². The monoisotopic (exact) mass is 236 g/mol. The highest BCUT2D eigenvalue weighted by molar-refractivity contribution is 5.37. The summed E-state index contributed by atoms with van der Waals surface area (Å²) in [4.78, 5) is 0. The van der Waals surface area contributed by atoms with E-state index in [2.05, 4.69) is 61.5 Å². The molecule has 0 aromatic heterocycles. The van der Waals surface area contributed by atoms with Gasteiger partial charge >= 0.3 is 0 Å². The summed E-state index contributed by atoms with van der Waals surface area (Å²) in [6.07, 6.45) is 3.75. The average Bonchev–Trinajstić information content (AvgIpc) is 2.47. The van der Waals surface area contributed by atoms with Gasteiger partial charge in [0.15, 0.2) is 0 Å². The van der Waals surface area contributed by atoms with Gasteiger partial charge in [-0.2, -0.15) is 0 Å². The van der Waals surface area contributed by atoms with Gasteiger partial charge in [-0.3, -0.25) is 0 Å². The smallest absolute Gasteiger partial charge is 0.00899 e. The zero-order valence-electron chi connectivity index (χ0n) is 11.0. The van der Waals surface area contributed by atoms with Gasteiger partial charge < -0.3 is 0 Å². The van der Waals surface area contributed by atoms with Gasteiger partial charge in [0.25, 0.3) is 0 Å². The van der Waals surface area contributed by atoms with E-state index in [0.717, 1.165) is 0 Å². The third kappa shape index (κ3) is 1.96. The summed E-state index contributed by atoms with van der Waals surface area (Å²) in [5.74, 6) is 1.39. The van der Waals surface area contributed by atoms with Crippen LogP contribution < -0.4 is 0 Å². The molecule has 2 unspecified atom stereocenters. The molecule has 0 heteroatoms. The lowest BCUT2D eigenvalue weighted by atomic mass is 9.71. The van der Waals surface area contributed by atoms with Gasteiger partial charge in [-0.15, -0.1) is 0 Å². The van der Waals surface area contributed by atoms with Crippen molar-refractivity contribution >= 4 is 0 Å². The van der Waals surface area contributed by atoms with Crippen LogP contribution in [0.4, 0.5) is 0 Å². The summed E-state index contributed by atoms with van der Waals surface area (Å²) >= 11 is 0. The molecule has 0 N–H and O–H groups in total. The number of hydrogen-bond donors (Lipinski definition) is 0. The minimum atomic E-state index is 0.692. The topological polar surface area (TPSA) is 0 Å². The van der Waals surface area contributed by atoms with Crippen molar-refractivity contribution in [3.63, 3.8) is 0 Å². The lowest BCUT2D eigenvalue weighted by Gasteiger charge is -2.33. The summed E-state index contributed by atoms with van der Waals surface area (Å²) < 4.78 is 0. The molecule has 0 nitrogen and oxygen atoms in total. The van der Waals surface area contributed by atoms with Crippen LogP contribution >= 0.6 is 0 Å². The molecule has 0 bridgehead atoms. The molecule has 2 atom stereocenters. The highest BCUT2D eigenvalue weighted by Crippen LogP contribution is 2.43. The molecule has 1 aliphatic carbocycles. The van der Waals surface area contributed by atoms with Crippen molar-refractivity contribution in [2.45, 2.75) is 38.0 Å². The molecule has 0 heterocycles. The van der Waals surface area contributed by atoms with Gasteiger partial charge in [0.2, 0.25) is 0 Å². The van der Waals surface area contributed by atoms with Crippen molar-refractivity contribution in [3.8, 4) is 0 Å². The summed E-state index contributed by atoms with van der Waals surface area (Å²) in [6, 6.07) is 20.0. The van der Waals surface area contributed by atoms with E-state index in [1.807, 2.05) is 0 Å². The fourth-order valence-corrected chi connectivity index (χ4v) is 3.46. The van der Waals surface area contributed by atoms with E-state index in [4.69, 9.17) is 0 Å². The Bertz CT molecular complexity index is 513. The van der Waals surface area contributed by atoms with Crippen molar-refractivity contribution in [1.29, 1.82) is 0 Å². The van der Waals surface area contributed by atoms with Gasteiger partial charge in [0.05, 0.1) is 0 Å². The molecule has 1 aliphatic rings. The van der Waals surface area contributed by atoms with Crippen LogP contribution in [0.2, 0.25) is 0 Å². The van der Waals surface area contributed by atoms with Crippen LogP contribution in [0.15, 0.2) is 54.6 Å². The maximum atomic E-state index is 2.33. The Hall–Kier alpha value is -1.56. The van der Waals surface area contributed by atoms with Crippen molar-refractivity contribution in [2.75, 3.05) is 0 Å². The van der Waals surface area contributed by atoms with Gasteiger partial charge in [-0.25, -0.2) is 0 Å². The molecular weight excluding hydrogens is 216 g/mol. The molecule has 0 spiro atoms. The van der Waals surface area contributed by atoms with Crippen LogP contribution in [-0.2, 0) is 6.42 Å². The summed E-state index contributed by atoms with van der Waals surface area (Å²) in [6.45, 7) is 2.32. The number of benzene rings is 2. The lowest BCUT2D eigenvalue weighted by molar-refractivity contribution is 0.463. The maximum Gasteiger partial charge on any atom is -0.00899 e. The van der Waals surface area contributed by atoms with Crippen molar-refractivity contribution in [3.05, 3.63) is 71.3 Å². The minimum Gasteiger partial charge on any atom is -0.0648 e. The molecule has 0 aliphatic heterocycles. The van der Waals surface area contributed by atoms with Crippen LogP contribution in [0.25, 0.3) is 0 Å². The zero-order valence-corrected chi connectivity index (χ0v) is 11.0. The number of aryl methyl sites for hydroxylation is 1. The van der Waals surface area contributed by atoms with Crippen LogP contribution in [0, 0.1) is 0 Å². The van der Waals surface area contributed by atoms with E-state index < -0.39 is 0 Å². The predicted molar refractivity (Wildman–Crippen MR) is 77.0 cm³/mol. The molecule has 2 aromatic carbocycles. The third-order valence-electron chi connectivity index (χ3n) is 4.33. The summed E-state index contributed by atoms with van der Waals surface area (Å²) in [5, 5.41) is 0. The Labute approximate surface area is 110 Å². The first-order valence-electron chi connectivity index (χ1n) is 7.03. The average molecular weight is 236 g/mol. The lowest BCUT2D eigenvalue weighted by Crippen LogP contribution is -2.18. The van der Waals surface area contributed by atoms with E-state index in [0.29, 0.717) is 11.8 Å². The van der Waals surface area contributed by atoms with Crippen LogP contribution in [0.3, 0.4) is 0 Å². The fraction of sp³-hybridized carbons (Fsp3) is 0.333. The van der Waals surface area contributed by atoms with Crippen molar-refractivity contribution < 1.29 is 0 Å². The minimum absolute atomic E-state index is 0.692. The van der Waals surface area contributed by atoms with E-state index in [1.54, 1.807) is 11.1 Å². The molecule has 0 fully saturated rings. The Morgan fingerprint density at radius 3 is 2.44 bits per heavy atom. The number of rotatable bonds is 2. The van der Waals surface area contributed by atoms with Gasteiger partial charge in [0, 0.05) is 0 Å². The third-order valence-corrected chi connectivity index (χ3v) is 4.33. The second kappa shape index (κ2) is 4.97. The van der Waals surface area contributed by atoms with Crippen molar-refractivity contribution in [1.82, 2.24) is 0 Å². The van der Waals surface area contributed by atoms with E-state index in [9.17, 15) is 0 Å². The Kier molecular flexibility index (Phi) is 3.19. The second-order valence-corrected chi connectivity index (χ2v) is 5.27. The highest BCUT2D eigenvalue weighted by Gasteiger charge is 2.28. The quantitative estimate of drug-likeness (QED) is 0.695. The second-order valence-electron chi connectivity index (χ2n) is 5.27. The SMILES string of the molecule is CCC1c2ccccc2CCC1c1ccccc1. The first kappa shape index (κ1) is 11.5. The zero-order chi connectivity index (χ0) is 12.4. The van der Waals surface area contributed by atoms with Gasteiger partial charge in [-0.1, -0.05) is 61.5 Å². The Morgan fingerprint density at radius 1 is 0.944 bits per heavy atom. The highest BCUT2D eigenvalue weighted by atomic mass is 14.3. The first-order valence-corrected chi connectivity index (χ1v) is 7.03. The van der Waals surface area contributed by atoms with Gasteiger partial charge in [0.1, 0.15) is 0 Å². The standard InChI is InChI=1S/C18H20/c1-2-16-17-11-7-6-10-15(17)12-13-18(16)14-8-4-3-5-9-14/h3-11,16,18H,2,12-13H2,1H3. The molecule has 92 valence electrons. The summed E-state index contributed by atoms with van der Waals surface area (Å²) in [5.41, 5.74) is 4.66. The summed E-state index contributed by atoms with van der Waals surface area (Å²) in [7, 11) is 0. The molecule has 0 saturated heterocycles.